The minimum atomic E-state index is -0.333. The Balaban J connectivity index is 1.36. The van der Waals surface area contributed by atoms with E-state index in [-0.39, 0.29) is 29.5 Å². The van der Waals surface area contributed by atoms with Gasteiger partial charge in [0.05, 0.1) is 17.5 Å². The van der Waals surface area contributed by atoms with Crippen LogP contribution in [0.3, 0.4) is 0 Å². The predicted octanol–water partition coefficient (Wildman–Crippen LogP) is 5.45. The molecule has 2 N–H and O–H groups in total. The summed E-state index contributed by atoms with van der Waals surface area (Å²) in [6.07, 6.45) is 0. The maximum atomic E-state index is 12.7. The summed E-state index contributed by atoms with van der Waals surface area (Å²) >= 11 is 8.57. The van der Waals surface area contributed by atoms with Crippen LogP contribution in [0.1, 0.15) is 36.1 Å². The van der Waals surface area contributed by atoms with Crippen molar-refractivity contribution in [1.29, 1.82) is 0 Å². The number of rotatable bonds is 9. The lowest BCUT2D eigenvalue weighted by atomic mass is 10.0. The number of benzene rings is 2. The van der Waals surface area contributed by atoms with Crippen molar-refractivity contribution in [2.24, 2.45) is 13.0 Å². The Morgan fingerprint density at radius 2 is 1.81 bits per heavy atom. The van der Waals surface area contributed by atoms with Gasteiger partial charge in [-0.2, -0.15) is 0 Å². The summed E-state index contributed by atoms with van der Waals surface area (Å²) in [7, 11) is 1.83. The van der Waals surface area contributed by atoms with Crippen LogP contribution in [0.15, 0.2) is 65.1 Å². The van der Waals surface area contributed by atoms with E-state index in [2.05, 4.69) is 25.8 Å². The molecule has 0 aliphatic heterocycles. The van der Waals surface area contributed by atoms with Crippen molar-refractivity contribution < 1.29 is 9.59 Å². The molecule has 0 fully saturated rings. The molecule has 2 aromatic heterocycles. The van der Waals surface area contributed by atoms with Crippen molar-refractivity contribution in [2.75, 3.05) is 11.1 Å². The molecule has 186 valence electrons. The average Bonchev–Trinajstić information content (AvgIpc) is 3.48. The predicted molar refractivity (Wildman–Crippen MR) is 144 cm³/mol. The summed E-state index contributed by atoms with van der Waals surface area (Å²) in [4.78, 5) is 29.7. The Bertz CT molecular complexity index is 1340. The zero-order chi connectivity index (χ0) is 25.7. The van der Waals surface area contributed by atoms with Crippen molar-refractivity contribution in [3.63, 3.8) is 0 Å². The second-order valence-electron chi connectivity index (χ2n) is 8.34. The van der Waals surface area contributed by atoms with E-state index in [4.69, 9.17) is 11.6 Å². The number of thioether (sulfide) groups is 1. The summed E-state index contributed by atoms with van der Waals surface area (Å²) in [6, 6.07) is 16.1. The van der Waals surface area contributed by atoms with Gasteiger partial charge in [-0.25, -0.2) is 4.98 Å². The number of carbonyl (C=O) groups is 2. The van der Waals surface area contributed by atoms with Gasteiger partial charge >= 0.3 is 0 Å². The molecule has 0 saturated carbocycles. The Hall–Kier alpha value is -3.21. The molecular formula is C25H25ClN6O2S2. The lowest BCUT2D eigenvalue weighted by Crippen LogP contribution is -2.33. The number of hydrogen-bond acceptors (Lipinski definition) is 7. The number of anilines is 1. The molecule has 2 aromatic carbocycles. The summed E-state index contributed by atoms with van der Waals surface area (Å²) in [5, 5.41) is 18.1. The highest BCUT2D eigenvalue weighted by molar-refractivity contribution is 7.99. The van der Waals surface area contributed by atoms with Crippen LogP contribution in [-0.4, -0.2) is 37.3 Å². The fourth-order valence-electron chi connectivity index (χ4n) is 3.44. The summed E-state index contributed by atoms with van der Waals surface area (Å²) in [5.41, 5.74) is 2.28. The molecule has 0 radical (unpaired) electrons. The third-order valence-corrected chi connectivity index (χ3v) is 7.39. The maximum absolute atomic E-state index is 12.7. The van der Waals surface area contributed by atoms with E-state index in [1.54, 1.807) is 24.3 Å². The number of aromatic nitrogens is 4. The van der Waals surface area contributed by atoms with E-state index < -0.39 is 0 Å². The third kappa shape index (κ3) is 6.31. The van der Waals surface area contributed by atoms with Gasteiger partial charge < -0.3 is 15.2 Å². The third-order valence-electron chi connectivity index (χ3n) is 5.36. The van der Waals surface area contributed by atoms with Crippen LogP contribution in [0.2, 0.25) is 5.02 Å². The summed E-state index contributed by atoms with van der Waals surface area (Å²) in [5.74, 6) is 0.489. The minimum absolute atomic E-state index is 0.0847. The zero-order valence-corrected chi connectivity index (χ0v) is 22.3. The maximum Gasteiger partial charge on any atom is 0.251 e. The van der Waals surface area contributed by atoms with Gasteiger partial charge in [-0.15, -0.1) is 21.5 Å². The van der Waals surface area contributed by atoms with Gasteiger partial charge in [-0.3, -0.25) is 9.59 Å². The fourth-order valence-corrected chi connectivity index (χ4v) is 5.02. The fraction of sp³-hybridized carbons (Fsp3) is 0.240. The van der Waals surface area contributed by atoms with Crippen LogP contribution >= 0.6 is 34.7 Å². The minimum Gasteiger partial charge on any atom is -0.342 e. The molecule has 2 heterocycles. The van der Waals surface area contributed by atoms with E-state index >= 15 is 0 Å². The smallest absolute Gasteiger partial charge is 0.251 e. The highest BCUT2D eigenvalue weighted by atomic mass is 35.5. The molecule has 0 aliphatic carbocycles. The van der Waals surface area contributed by atoms with E-state index in [0.29, 0.717) is 26.7 Å². The van der Waals surface area contributed by atoms with Crippen LogP contribution < -0.4 is 10.6 Å². The molecule has 8 nitrogen and oxygen atoms in total. The standard InChI is InChI=1S/C25H25ClN6O2S2/c1-15(2)21(29-23(34)17-7-5-4-6-8-17)22-30-31-25(32(22)3)36-14-20(33)28-24-27-19(13-35-24)16-9-11-18(26)12-10-16/h4-13,15,21H,14H2,1-3H3,(H,29,34)(H,27,28,33)/t21-/m0/s1. The molecule has 36 heavy (non-hydrogen) atoms. The first-order valence-corrected chi connectivity index (χ1v) is 13.5. The first kappa shape index (κ1) is 25.9. The molecule has 4 rings (SSSR count). The number of amides is 2. The van der Waals surface area contributed by atoms with Crippen molar-refractivity contribution in [3.8, 4) is 11.3 Å². The second-order valence-corrected chi connectivity index (χ2v) is 10.6. The molecule has 0 unspecified atom stereocenters. The topological polar surface area (TPSA) is 102 Å². The summed E-state index contributed by atoms with van der Waals surface area (Å²) in [6.45, 7) is 4.02. The first-order chi connectivity index (χ1) is 17.3. The lowest BCUT2D eigenvalue weighted by molar-refractivity contribution is -0.113. The van der Waals surface area contributed by atoms with E-state index in [1.807, 2.05) is 61.2 Å². The van der Waals surface area contributed by atoms with Crippen molar-refractivity contribution >= 4 is 51.6 Å². The Morgan fingerprint density at radius 1 is 1.08 bits per heavy atom. The normalized spacial score (nSPS) is 11.9. The molecule has 2 amide bonds. The van der Waals surface area contributed by atoms with Gasteiger partial charge in [-0.1, -0.05) is 67.5 Å². The zero-order valence-electron chi connectivity index (χ0n) is 19.9. The Labute approximate surface area is 222 Å². The second kappa shape index (κ2) is 11.7. The van der Waals surface area contributed by atoms with Crippen LogP contribution in [0, 0.1) is 5.92 Å². The molecule has 11 heteroatoms. The molecule has 0 saturated heterocycles. The number of carbonyl (C=O) groups excluding carboxylic acids is 2. The van der Waals surface area contributed by atoms with Crippen LogP contribution in [0.5, 0.6) is 0 Å². The number of hydrogen-bond donors (Lipinski definition) is 2. The quantitative estimate of drug-likeness (QED) is 0.274. The largest absolute Gasteiger partial charge is 0.342 e. The van der Waals surface area contributed by atoms with Crippen LogP contribution in [-0.2, 0) is 11.8 Å². The number of nitrogens with one attached hydrogen (secondary N) is 2. The van der Waals surface area contributed by atoms with Crippen molar-refractivity contribution in [2.45, 2.75) is 25.0 Å². The van der Waals surface area contributed by atoms with Crippen LogP contribution in [0.4, 0.5) is 5.13 Å². The summed E-state index contributed by atoms with van der Waals surface area (Å²) < 4.78 is 1.82. The Morgan fingerprint density at radius 3 is 2.50 bits per heavy atom. The van der Waals surface area contributed by atoms with Gasteiger partial charge in [0, 0.05) is 28.6 Å². The monoisotopic (exact) mass is 540 g/mol. The molecule has 4 aromatic rings. The van der Waals surface area contributed by atoms with Crippen molar-refractivity contribution in [1.82, 2.24) is 25.1 Å². The van der Waals surface area contributed by atoms with Crippen LogP contribution in [0.25, 0.3) is 11.3 Å². The van der Waals surface area contributed by atoms with Gasteiger partial charge in [0.1, 0.15) is 0 Å². The van der Waals surface area contributed by atoms with E-state index in [1.165, 1.54) is 23.1 Å². The van der Waals surface area contributed by atoms with Gasteiger partial charge in [-0.05, 0) is 30.2 Å². The Kier molecular flexibility index (Phi) is 8.40. The highest BCUT2D eigenvalue weighted by Gasteiger charge is 2.25. The molecule has 0 aliphatic rings. The van der Waals surface area contributed by atoms with Crippen molar-refractivity contribution in [3.05, 3.63) is 76.4 Å². The lowest BCUT2D eigenvalue weighted by Gasteiger charge is -2.21. The van der Waals surface area contributed by atoms with E-state index in [9.17, 15) is 9.59 Å². The number of halogens is 1. The van der Waals surface area contributed by atoms with Gasteiger partial charge in [0.15, 0.2) is 16.1 Å². The van der Waals surface area contributed by atoms with Gasteiger partial charge in [0.25, 0.3) is 5.91 Å². The average molecular weight is 541 g/mol. The molecule has 1 atom stereocenters. The molecular weight excluding hydrogens is 516 g/mol. The first-order valence-electron chi connectivity index (χ1n) is 11.2. The SMILES string of the molecule is CC(C)[C@H](NC(=O)c1ccccc1)c1nnc(SCC(=O)Nc2nc(-c3ccc(Cl)cc3)cs2)n1C. The van der Waals surface area contributed by atoms with E-state index in [0.717, 1.165) is 11.3 Å². The highest BCUT2D eigenvalue weighted by Crippen LogP contribution is 2.27. The molecule has 0 spiro atoms. The number of thiazole rings is 1. The number of nitrogens with zero attached hydrogens (tertiary/aromatic N) is 4. The molecule has 0 bridgehead atoms. The van der Waals surface area contributed by atoms with Gasteiger partial charge in [0.2, 0.25) is 5.91 Å².